The standard InChI is InChI=1S/C25H32F3N3O5/c1-16(2)14-29-15-22(32)21(12-18-8-5-4-6-9-18)31-23(33)17(3)35-24(34)30-19-10-7-11-20(13-19)36-25(26,27)28/h4-11,13,16-17,21-22,29,32H,12,14-15H2,1-3H3,(H,30,34)(H,31,33). The van der Waals surface area contributed by atoms with Crippen molar-refractivity contribution in [1.29, 1.82) is 0 Å². The summed E-state index contributed by atoms with van der Waals surface area (Å²) >= 11 is 0. The molecule has 0 heterocycles. The Morgan fingerprint density at radius 1 is 1.00 bits per heavy atom. The summed E-state index contributed by atoms with van der Waals surface area (Å²) in [5.74, 6) is -0.773. The normalized spacial score (nSPS) is 14.0. The molecule has 36 heavy (non-hydrogen) atoms. The van der Waals surface area contributed by atoms with Gasteiger partial charge in [0.15, 0.2) is 6.10 Å². The van der Waals surface area contributed by atoms with E-state index in [2.05, 4.69) is 20.7 Å². The molecule has 0 radical (unpaired) electrons. The molecule has 0 fully saturated rings. The van der Waals surface area contributed by atoms with Crippen LogP contribution in [0.25, 0.3) is 0 Å². The number of benzene rings is 2. The van der Waals surface area contributed by atoms with Crippen LogP contribution in [-0.4, -0.2) is 54.8 Å². The molecular weight excluding hydrogens is 479 g/mol. The van der Waals surface area contributed by atoms with E-state index in [9.17, 15) is 27.9 Å². The van der Waals surface area contributed by atoms with Crippen molar-refractivity contribution < 1.29 is 37.3 Å². The first-order valence-electron chi connectivity index (χ1n) is 11.5. The van der Waals surface area contributed by atoms with Crippen LogP contribution in [0.3, 0.4) is 0 Å². The van der Waals surface area contributed by atoms with Gasteiger partial charge in [0.1, 0.15) is 5.75 Å². The summed E-state index contributed by atoms with van der Waals surface area (Å²) in [6.45, 7) is 6.36. The number of carbonyl (C=O) groups excluding carboxylic acids is 2. The minimum absolute atomic E-state index is 0.0111. The summed E-state index contributed by atoms with van der Waals surface area (Å²) in [4.78, 5) is 24.9. The lowest BCUT2D eigenvalue weighted by atomic mass is 10.0. The molecule has 0 aliphatic heterocycles. The molecule has 0 aliphatic carbocycles. The average Bonchev–Trinajstić information content (AvgIpc) is 2.78. The van der Waals surface area contributed by atoms with Gasteiger partial charge in [-0.1, -0.05) is 50.2 Å². The molecule has 2 rings (SSSR count). The molecule has 0 bridgehead atoms. The highest BCUT2D eigenvalue weighted by Crippen LogP contribution is 2.25. The van der Waals surface area contributed by atoms with E-state index in [1.165, 1.54) is 19.1 Å². The Balaban J connectivity index is 1.97. The van der Waals surface area contributed by atoms with Crippen molar-refractivity contribution in [3.63, 3.8) is 0 Å². The molecule has 2 aromatic rings. The maximum atomic E-state index is 12.7. The summed E-state index contributed by atoms with van der Waals surface area (Å²) in [5.41, 5.74) is 0.890. The van der Waals surface area contributed by atoms with Crippen LogP contribution in [0.4, 0.5) is 23.7 Å². The number of anilines is 1. The first-order valence-corrected chi connectivity index (χ1v) is 11.5. The molecule has 0 saturated carbocycles. The number of ether oxygens (including phenoxy) is 2. The van der Waals surface area contributed by atoms with E-state index in [4.69, 9.17) is 4.74 Å². The molecule has 2 amide bonds. The molecule has 3 unspecified atom stereocenters. The zero-order valence-electron chi connectivity index (χ0n) is 20.3. The largest absolute Gasteiger partial charge is 0.573 e. The van der Waals surface area contributed by atoms with E-state index < -0.39 is 42.4 Å². The van der Waals surface area contributed by atoms with Crippen molar-refractivity contribution in [2.75, 3.05) is 18.4 Å². The van der Waals surface area contributed by atoms with Gasteiger partial charge in [-0.3, -0.25) is 10.1 Å². The second-order valence-electron chi connectivity index (χ2n) is 8.67. The number of hydrogen-bond acceptors (Lipinski definition) is 6. The zero-order chi connectivity index (χ0) is 26.7. The highest BCUT2D eigenvalue weighted by molar-refractivity contribution is 5.88. The molecule has 8 nitrogen and oxygen atoms in total. The number of halogens is 3. The highest BCUT2D eigenvalue weighted by Gasteiger charge is 2.31. The maximum absolute atomic E-state index is 12.7. The van der Waals surface area contributed by atoms with Gasteiger partial charge in [-0.2, -0.15) is 0 Å². The Kier molecular flexibility index (Phi) is 11.0. The number of aliphatic hydroxyl groups excluding tert-OH is 1. The van der Waals surface area contributed by atoms with Gasteiger partial charge in [0.25, 0.3) is 5.91 Å². The quantitative estimate of drug-likeness (QED) is 0.345. The lowest BCUT2D eigenvalue weighted by molar-refractivity contribution is -0.274. The molecule has 3 atom stereocenters. The van der Waals surface area contributed by atoms with Gasteiger partial charge in [-0.25, -0.2) is 4.79 Å². The van der Waals surface area contributed by atoms with E-state index in [1.54, 1.807) is 0 Å². The van der Waals surface area contributed by atoms with E-state index in [-0.39, 0.29) is 12.2 Å². The number of nitrogens with one attached hydrogen (secondary N) is 3. The van der Waals surface area contributed by atoms with Gasteiger partial charge >= 0.3 is 12.5 Å². The van der Waals surface area contributed by atoms with Gasteiger partial charge in [-0.15, -0.1) is 13.2 Å². The van der Waals surface area contributed by atoms with Gasteiger partial charge in [0.05, 0.1) is 12.1 Å². The maximum Gasteiger partial charge on any atom is 0.573 e. The predicted octanol–water partition coefficient (Wildman–Crippen LogP) is 3.86. The summed E-state index contributed by atoms with van der Waals surface area (Å²) in [6, 6.07) is 13.3. The molecule has 0 aromatic heterocycles. The fraction of sp³-hybridized carbons (Fsp3) is 0.440. The van der Waals surface area contributed by atoms with E-state index in [1.807, 2.05) is 44.2 Å². The monoisotopic (exact) mass is 511 g/mol. The minimum Gasteiger partial charge on any atom is -0.436 e. The summed E-state index contributed by atoms with van der Waals surface area (Å²) in [5, 5.41) is 18.9. The van der Waals surface area contributed by atoms with Crippen molar-refractivity contribution >= 4 is 17.7 Å². The summed E-state index contributed by atoms with van der Waals surface area (Å²) in [6.07, 6.45) is -7.72. The Labute approximate surface area is 208 Å². The number of carbonyl (C=O) groups is 2. The molecular formula is C25H32F3N3O5. The first kappa shape index (κ1) is 28.9. The second-order valence-corrected chi connectivity index (χ2v) is 8.67. The third-order valence-electron chi connectivity index (χ3n) is 4.96. The molecule has 4 N–H and O–H groups in total. The van der Waals surface area contributed by atoms with Crippen molar-refractivity contribution in [3.8, 4) is 5.75 Å². The number of hydrogen-bond donors (Lipinski definition) is 4. The molecule has 0 saturated heterocycles. The van der Waals surface area contributed by atoms with Crippen LogP contribution in [0.1, 0.15) is 26.3 Å². The predicted molar refractivity (Wildman–Crippen MR) is 128 cm³/mol. The second kappa shape index (κ2) is 13.7. The zero-order valence-corrected chi connectivity index (χ0v) is 20.3. The molecule has 0 spiro atoms. The van der Waals surface area contributed by atoms with E-state index in [0.717, 1.165) is 17.7 Å². The lowest BCUT2D eigenvalue weighted by Gasteiger charge is -2.26. The molecule has 198 valence electrons. The minimum atomic E-state index is -4.88. The highest BCUT2D eigenvalue weighted by atomic mass is 19.4. The van der Waals surface area contributed by atoms with Gasteiger partial charge in [0, 0.05) is 18.3 Å². The lowest BCUT2D eigenvalue weighted by Crippen LogP contribution is -2.51. The van der Waals surface area contributed by atoms with E-state index in [0.29, 0.717) is 18.9 Å². The number of rotatable bonds is 12. The van der Waals surface area contributed by atoms with Crippen LogP contribution in [0.2, 0.25) is 0 Å². The Hall–Kier alpha value is -3.31. The first-order chi connectivity index (χ1) is 16.9. The van der Waals surface area contributed by atoms with Crippen LogP contribution in [-0.2, 0) is 16.0 Å². The SMILES string of the molecule is CC(C)CNCC(O)C(Cc1ccccc1)NC(=O)C(C)OC(=O)Nc1cccc(OC(F)(F)F)c1. The van der Waals surface area contributed by atoms with Crippen LogP contribution < -0.4 is 20.7 Å². The fourth-order valence-corrected chi connectivity index (χ4v) is 3.25. The van der Waals surface area contributed by atoms with Gasteiger partial charge in [-0.05, 0) is 43.5 Å². The van der Waals surface area contributed by atoms with Crippen molar-refractivity contribution in [2.45, 2.75) is 51.8 Å². The number of alkyl halides is 3. The summed E-state index contributed by atoms with van der Waals surface area (Å²) in [7, 11) is 0. The van der Waals surface area contributed by atoms with Crippen LogP contribution in [0.5, 0.6) is 5.75 Å². The number of aliphatic hydroxyl groups is 1. The van der Waals surface area contributed by atoms with Gasteiger partial charge < -0.3 is 25.2 Å². The van der Waals surface area contributed by atoms with Crippen LogP contribution in [0.15, 0.2) is 54.6 Å². The summed E-state index contributed by atoms with van der Waals surface area (Å²) < 4.78 is 46.1. The Morgan fingerprint density at radius 3 is 2.33 bits per heavy atom. The van der Waals surface area contributed by atoms with Crippen molar-refractivity contribution in [1.82, 2.24) is 10.6 Å². The molecule has 0 aliphatic rings. The smallest absolute Gasteiger partial charge is 0.436 e. The fourth-order valence-electron chi connectivity index (χ4n) is 3.25. The van der Waals surface area contributed by atoms with Crippen molar-refractivity contribution in [3.05, 3.63) is 60.2 Å². The number of amides is 2. The van der Waals surface area contributed by atoms with E-state index >= 15 is 0 Å². The topological polar surface area (TPSA) is 109 Å². The Morgan fingerprint density at radius 2 is 1.69 bits per heavy atom. The van der Waals surface area contributed by atoms with Crippen LogP contribution in [0, 0.1) is 5.92 Å². The third kappa shape index (κ3) is 11.0. The van der Waals surface area contributed by atoms with Crippen LogP contribution >= 0.6 is 0 Å². The molecule has 2 aromatic carbocycles. The van der Waals surface area contributed by atoms with Gasteiger partial charge in [0.2, 0.25) is 0 Å². The third-order valence-corrected chi connectivity index (χ3v) is 4.96. The Bertz CT molecular complexity index is 973. The van der Waals surface area contributed by atoms with Crippen molar-refractivity contribution in [2.24, 2.45) is 5.92 Å². The molecule has 11 heteroatoms. The average molecular weight is 512 g/mol.